The van der Waals surface area contributed by atoms with Crippen molar-refractivity contribution >= 4 is 0 Å². The van der Waals surface area contributed by atoms with Crippen molar-refractivity contribution < 1.29 is 4.74 Å². The number of ether oxygens (including phenoxy) is 1. The van der Waals surface area contributed by atoms with E-state index in [2.05, 4.69) is 16.7 Å². The lowest BCUT2D eigenvalue weighted by Crippen LogP contribution is -2.51. The van der Waals surface area contributed by atoms with Gasteiger partial charge in [-0.2, -0.15) is 0 Å². The molecule has 2 rings (SSSR count). The van der Waals surface area contributed by atoms with Crippen molar-refractivity contribution in [2.24, 2.45) is 5.73 Å². The Morgan fingerprint density at radius 1 is 1.29 bits per heavy atom. The average molecular weight is 241 g/mol. The molecule has 2 atom stereocenters. The zero-order valence-corrected chi connectivity index (χ0v) is 11.1. The van der Waals surface area contributed by atoms with Gasteiger partial charge in [-0.15, -0.1) is 0 Å². The van der Waals surface area contributed by atoms with Crippen molar-refractivity contribution in [2.75, 3.05) is 45.9 Å². The Balaban J connectivity index is 1.61. The van der Waals surface area contributed by atoms with E-state index in [1.807, 2.05) is 0 Å². The smallest absolute Gasteiger partial charge is 0.0588 e. The fourth-order valence-electron chi connectivity index (χ4n) is 2.78. The van der Waals surface area contributed by atoms with Crippen molar-refractivity contribution in [1.29, 1.82) is 0 Å². The van der Waals surface area contributed by atoms with Gasteiger partial charge >= 0.3 is 0 Å². The van der Waals surface area contributed by atoms with Gasteiger partial charge in [0.25, 0.3) is 0 Å². The summed E-state index contributed by atoms with van der Waals surface area (Å²) in [7, 11) is 0. The van der Waals surface area contributed by atoms with Gasteiger partial charge in [-0.25, -0.2) is 0 Å². The summed E-state index contributed by atoms with van der Waals surface area (Å²) in [5.74, 6) is 0. The van der Waals surface area contributed by atoms with E-state index in [-0.39, 0.29) is 0 Å². The van der Waals surface area contributed by atoms with Crippen LogP contribution in [0.3, 0.4) is 0 Å². The lowest BCUT2D eigenvalue weighted by atomic mass is 10.1. The topological polar surface area (TPSA) is 41.7 Å². The molecule has 17 heavy (non-hydrogen) atoms. The standard InChI is InChI=1S/C13H27N3O/c1-12(11-14)16-8-6-15(7-9-16)5-4-13-3-2-10-17-13/h12-13H,2-11,14H2,1H3. The third-order valence-electron chi connectivity index (χ3n) is 4.16. The maximum atomic E-state index is 5.71. The van der Waals surface area contributed by atoms with Crippen LogP contribution in [0.2, 0.25) is 0 Å². The predicted octanol–water partition coefficient (Wildman–Crippen LogP) is 0.520. The van der Waals surface area contributed by atoms with Gasteiger partial charge in [-0.1, -0.05) is 0 Å². The highest BCUT2D eigenvalue weighted by molar-refractivity contribution is 4.77. The molecule has 2 aliphatic rings. The summed E-state index contributed by atoms with van der Waals surface area (Å²) in [5.41, 5.74) is 5.71. The normalized spacial score (nSPS) is 29.6. The molecule has 2 unspecified atom stereocenters. The maximum Gasteiger partial charge on any atom is 0.0588 e. The second-order valence-electron chi connectivity index (χ2n) is 5.39. The Labute approximate surface area is 105 Å². The maximum absolute atomic E-state index is 5.71. The van der Waals surface area contributed by atoms with Crippen LogP contribution in [0.1, 0.15) is 26.2 Å². The average Bonchev–Trinajstić information content (AvgIpc) is 2.89. The Bertz CT molecular complexity index is 211. The predicted molar refractivity (Wildman–Crippen MR) is 70.1 cm³/mol. The zero-order chi connectivity index (χ0) is 12.1. The van der Waals surface area contributed by atoms with E-state index in [4.69, 9.17) is 10.5 Å². The summed E-state index contributed by atoms with van der Waals surface area (Å²) in [4.78, 5) is 5.07. The van der Waals surface area contributed by atoms with Crippen LogP contribution < -0.4 is 5.73 Å². The molecule has 0 aromatic rings. The lowest BCUT2D eigenvalue weighted by molar-refractivity contribution is 0.0697. The Morgan fingerprint density at radius 2 is 2.06 bits per heavy atom. The monoisotopic (exact) mass is 241 g/mol. The van der Waals surface area contributed by atoms with Crippen LogP contribution in [0, 0.1) is 0 Å². The largest absolute Gasteiger partial charge is 0.378 e. The van der Waals surface area contributed by atoms with Crippen molar-refractivity contribution in [2.45, 2.75) is 38.3 Å². The van der Waals surface area contributed by atoms with Crippen LogP contribution in [-0.2, 0) is 4.74 Å². The molecule has 0 saturated carbocycles. The molecule has 2 fully saturated rings. The van der Waals surface area contributed by atoms with Crippen molar-refractivity contribution in [3.8, 4) is 0 Å². The van der Waals surface area contributed by atoms with Gasteiger partial charge in [-0.3, -0.25) is 4.90 Å². The number of piperazine rings is 1. The molecule has 100 valence electrons. The highest BCUT2D eigenvalue weighted by Crippen LogP contribution is 2.16. The van der Waals surface area contributed by atoms with E-state index in [1.54, 1.807) is 0 Å². The summed E-state index contributed by atoms with van der Waals surface area (Å²) in [6.07, 6.45) is 4.28. The minimum atomic E-state index is 0.537. The molecular weight excluding hydrogens is 214 g/mol. The molecule has 2 N–H and O–H groups in total. The van der Waals surface area contributed by atoms with Gasteiger partial charge in [0.1, 0.15) is 0 Å². The summed E-state index contributed by atoms with van der Waals surface area (Å²) < 4.78 is 5.67. The number of rotatable bonds is 5. The fourth-order valence-corrected chi connectivity index (χ4v) is 2.78. The summed E-state index contributed by atoms with van der Waals surface area (Å²) in [5, 5.41) is 0. The van der Waals surface area contributed by atoms with Gasteiger partial charge in [0.2, 0.25) is 0 Å². The molecular formula is C13H27N3O. The number of hydrogen-bond acceptors (Lipinski definition) is 4. The van der Waals surface area contributed by atoms with E-state index in [9.17, 15) is 0 Å². The molecule has 4 nitrogen and oxygen atoms in total. The summed E-state index contributed by atoms with van der Waals surface area (Å²) in [6, 6.07) is 0.537. The van der Waals surface area contributed by atoms with E-state index in [1.165, 1.54) is 52.0 Å². The third-order valence-corrected chi connectivity index (χ3v) is 4.16. The first-order valence-corrected chi connectivity index (χ1v) is 7.07. The molecule has 2 heterocycles. The first-order chi connectivity index (χ1) is 8.29. The molecule has 0 amide bonds. The van der Waals surface area contributed by atoms with E-state index >= 15 is 0 Å². The van der Waals surface area contributed by atoms with Crippen LogP contribution in [0.5, 0.6) is 0 Å². The number of nitrogens with zero attached hydrogens (tertiary/aromatic N) is 2. The second-order valence-corrected chi connectivity index (χ2v) is 5.39. The molecule has 0 radical (unpaired) electrons. The lowest BCUT2D eigenvalue weighted by Gasteiger charge is -2.37. The first kappa shape index (κ1) is 13.3. The molecule has 0 spiro atoms. The van der Waals surface area contributed by atoms with E-state index in [0.29, 0.717) is 12.1 Å². The SMILES string of the molecule is CC(CN)N1CCN(CCC2CCCO2)CC1. The first-order valence-electron chi connectivity index (χ1n) is 7.07. The van der Waals surface area contributed by atoms with Crippen LogP contribution in [0.25, 0.3) is 0 Å². The Hall–Kier alpha value is -0.160. The van der Waals surface area contributed by atoms with Gasteiger partial charge in [-0.05, 0) is 26.2 Å². The minimum absolute atomic E-state index is 0.537. The molecule has 2 aliphatic heterocycles. The van der Waals surface area contributed by atoms with E-state index < -0.39 is 0 Å². The molecule has 0 aliphatic carbocycles. The number of hydrogen-bond donors (Lipinski definition) is 1. The second kappa shape index (κ2) is 6.69. The Morgan fingerprint density at radius 3 is 2.65 bits per heavy atom. The van der Waals surface area contributed by atoms with Gasteiger partial charge in [0, 0.05) is 51.9 Å². The Kier molecular flexibility index (Phi) is 5.22. The molecule has 0 bridgehead atoms. The van der Waals surface area contributed by atoms with Crippen LogP contribution >= 0.6 is 0 Å². The molecule has 4 heteroatoms. The minimum Gasteiger partial charge on any atom is -0.378 e. The molecule has 0 aromatic carbocycles. The highest BCUT2D eigenvalue weighted by atomic mass is 16.5. The quantitative estimate of drug-likeness (QED) is 0.762. The van der Waals surface area contributed by atoms with Gasteiger partial charge < -0.3 is 15.4 Å². The van der Waals surface area contributed by atoms with E-state index in [0.717, 1.165) is 13.2 Å². The van der Waals surface area contributed by atoms with Crippen molar-refractivity contribution in [1.82, 2.24) is 9.80 Å². The summed E-state index contributed by atoms with van der Waals surface area (Å²) in [6.45, 7) is 9.90. The number of nitrogens with two attached hydrogens (primary N) is 1. The molecule has 2 saturated heterocycles. The zero-order valence-electron chi connectivity index (χ0n) is 11.1. The third kappa shape index (κ3) is 3.91. The van der Waals surface area contributed by atoms with Crippen LogP contribution in [-0.4, -0.2) is 67.8 Å². The van der Waals surface area contributed by atoms with Gasteiger partial charge in [0.15, 0.2) is 0 Å². The van der Waals surface area contributed by atoms with Crippen molar-refractivity contribution in [3.05, 3.63) is 0 Å². The summed E-state index contributed by atoms with van der Waals surface area (Å²) >= 11 is 0. The van der Waals surface area contributed by atoms with Gasteiger partial charge in [0.05, 0.1) is 6.10 Å². The van der Waals surface area contributed by atoms with Crippen LogP contribution in [0.15, 0.2) is 0 Å². The van der Waals surface area contributed by atoms with Crippen LogP contribution in [0.4, 0.5) is 0 Å². The molecule has 0 aromatic heterocycles. The van der Waals surface area contributed by atoms with Crippen molar-refractivity contribution in [3.63, 3.8) is 0 Å². The highest BCUT2D eigenvalue weighted by Gasteiger charge is 2.21. The fraction of sp³-hybridized carbons (Fsp3) is 1.00.